The lowest BCUT2D eigenvalue weighted by Crippen LogP contribution is -1.96. The van der Waals surface area contributed by atoms with Crippen molar-refractivity contribution in [1.29, 1.82) is 0 Å². The van der Waals surface area contributed by atoms with Gasteiger partial charge in [-0.25, -0.2) is 9.78 Å². The minimum Gasteiger partial charge on any atom is -0.478 e. The predicted molar refractivity (Wildman–Crippen MR) is 58.7 cm³/mol. The van der Waals surface area contributed by atoms with Gasteiger partial charge in [-0.1, -0.05) is 29.3 Å². The summed E-state index contributed by atoms with van der Waals surface area (Å²) in [6, 6.07) is 6.05. The first-order valence-corrected chi connectivity index (χ1v) is 4.82. The van der Waals surface area contributed by atoms with Crippen LogP contribution < -0.4 is 0 Å². The summed E-state index contributed by atoms with van der Waals surface area (Å²) in [5.74, 6) is -1.00. The van der Waals surface area contributed by atoms with E-state index in [2.05, 4.69) is 4.98 Å². The molecule has 0 saturated heterocycles. The minimum atomic E-state index is -1.00. The highest BCUT2D eigenvalue weighted by Gasteiger charge is 2.07. The molecule has 0 amide bonds. The fraction of sp³-hybridized carbons (Fsp3) is 0. The molecule has 0 aliphatic rings. The quantitative estimate of drug-likeness (QED) is 0.781. The van der Waals surface area contributed by atoms with Crippen molar-refractivity contribution in [3.05, 3.63) is 40.0 Å². The van der Waals surface area contributed by atoms with Crippen LogP contribution in [0, 0.1) is 0 Å². The highest BCUT2D eigenvalue weighted by Crippen LogP contribution is 2.25. The van der Waals surface area contributed by atoms with Crippen LogP contribution in [0.3, 0.4) is 0 Å². The van der Waals surface area contributed by atoms with Crippen LogP contribution in [0.5, 0.6) is 0 Å². The summed E-state index contributed by atoms with van der Waals surface area (Å²) in [6.45, 7) is 0. The second-order valence-corrected chi connectivity index (χ2v) is 3.76. The third kappa shape index (κ3) is 1.89. The molecule has 2 aromatic rings. The monoisotopic (exact) mass is 241 g/mol. The Bertz CT molecular complexity index is 554. The molecule has 0 radical (unpaired) electrons. The van der Waals surface area contributed by atoms with Crippen molar-refractivity contribution < 1.29 is 9.90 Å². The van der Waals surface area contributed by atoms with Gasteiger partial charge in [-0.05, 0) is 18.2 Å². The van der Waals surface area contributed by atoms with Crippen LogP contribution >= 0.6 is 23.2 Å². The number of pyridine rings is 1. The number of halogens is 2. The predicted octanol–water partition coefficient (Wildman–Crippen LogP) is 3.24. The normalized spacial score (nSPS) is 10.5. The summed E-state index contributed by atoms with van der Waals surface area (Å²) >= 11 is 11.6. The van der Waals surface area contributed by atoms with Crippen molar-refractivity contribution in [1.82, 2.24) is 4.98 Å². The van der Waals surface area contributed by atoms with Crippen molar-refractivity contribution in [3.8, 4) is 0 Å². The Hall–Kier alpha value is -1.32. The van der Waals surface area contributed by atoms with Gasteiger partial charge in [0, 0.05) is 5.39 Å². The van der Waals surface area contributed by atoms with Gasteiger partial charge in [0.15, 0.2) is 0 Å². The molecule has 0 spiro atoms. The number of hydrogen-bond donors (Lipinski definition) is 1. The van der Waals surface area contributed by atoms with Gasteiger partial charge < -0.3 is 5.11 Å². The topological polar surface area (TPSA) is 50.2 Å². The van der Waals surface area contributed by atoms with Crippen molar-refractivity contribution >= 4 is 40.1 Å². The first-order valence-electron chi connectivity index (χ1n) is 4.07. The second-order valence-electron chi connectivity index (χ2n) is 2.96. The lowest BCUT2D eigenvalue weighted by atomic mass is 10.1. The Morgan fingerprint density at radius 3 is 2.67 bits per heavy atom. The number of carboxylic acid groups (broad SMARTS) is 1. The van der Waals surface area contributed by atoms with Crippen molar-refractivity contribution in [2.45, 2.75) is 0 Å². The number of carboxylic acids is 1. The van der Waals surface area contributed by atoms with Crippen molar-refractivity contribution in [3.63, 3.8) is 0 Å². The zero-order valence-corrected chi connectivity index (χ0v) is 8.88. The summed E-state index contributed by atoms with van der Waals surface area (Å²) in [6.07, 6.45) is 0. The van der Waals surface area contributed by atoms with Gasteiger partial charge in [-0.15, -0.1) is 0 Å². The molecule has 0 fully saturated rings. The number of aromatic carboxylic acids is 1. The van der Waals surface area contributed by atoms with E-state index in [1.165, 1.54) is 18.2 Å². The lowest BCUT2D eigenvalue weighted by molar-refractivity contribution is 0.0697. The van der Waals surface area contributed by atoms with E-state index in [1.54, 1.807) is 6.07 Å². The van der Waals surface area contributed by atoms with Gasteiger partial charge >= 0.3 is 5.97 Å². The number of carbonyl (C=O) groups is 1. The molecule has 2 rings (SSSR count). The standard InChI is InChI=1S/C10H5Cl2NO2/c11-7-4-9(12)13-8-3-5(10(14)15)1-2-6(7)8/h1-4H,(H,14,15). The zero-order valence-electron chi connectivity index (χ0n) is 7.37. The van der Waals surface area contributed by atoms with E-state index in [0.29, 0.717) is 15.9 Å². The molecule has 76 valence electrons. The third-order valence-corrected chi connectivity index (χ3v) is 2.48. The Morgan fingerprint density at radius 2 is 2.00 bits per heavy atom. The van der Waals surface area contributed by atoms with Crippen LogP contribution in [0.25, 0.3) is 10.9 Å². The van der Waals surface area contributed by atoms with Gasteiger partial charge in [0.05, 0.1) is 16.1 Å². The van der Waals surface area contributed by atoms with E-state index < -0.39 is 5.97 Å². The summed E-state index contributed by atoms with van der Waals surface area (Å²) in [4.78, 5) is 14.7. The van der Waals surface area contributed by atoms with Gasteiger partial charge in [-0.3, -0.25) is 0 Å². The number of benzene rings is 1. The van der Waals surface area contributed by atoms with Gasteiger partial charge in [0.25, 0.3) is 0 Å². The van der Waals surface area contributed by atoms with E-state index >= 15 is 0 Å². The van der Waals surface area contributed by atoms with Crippen LogP contribution in [0.2, 0.25) is 10.2 Å². The summed E-state index contributed by atoms with van der Waals surface area (Å²) < 4.78 is 0. The van der Waals surface area contributed by atoms with E-state index in [1.807, 2.05) is 0 Å². The smallest absolute Gasteiger partial charge is 0.335 e. The molecular formula is C10H5Cl2NO2. The number of nitrogens with zero attached hydrogens (tertiary/aromatic N) is 1. The third-order valence-electron chi connectivity index (χ3n) is 1.98. The first-order chi connectivity index (χ1) is 7.08. The fourth-order valence-electron chi connectivity index (χ4n) is 1.29. The highest BCUT2D eigenvalue weighted by atomic mass is 35.5. The van der Waals surface area contributed by atoms with E-state index in [0.717, 1.165) is 0 Å². The van der Waals surface area contributed by atoms with E-state index in [4.69, 9.17) is 28.3 Å². The van der Waals surface area contributed by atoms with E-state index in [9.17, 15) is 4.79 Å². The van der Waals surface area contributed by atoms with Crippen molar-refractivity contribution in [2.75, 3.05) is 0 Å². The maximum Gasteiger partial charge on any atom is 0.335 e. The second kappa shape index (κ2) is 3.68. The van der Waals surface area contributed by atoms with Crippen LogP contribution in [-0.2, 0) is 0 Å². The van der Waals surface area contributed by atoms with Gasteiger partial charge in [0.1, 0.15) is 5.15 Å². The highest BCUT2D eigenvalue weighted by molar-refractivity contribution is 6.37. The molecule has 1 N–H and O–H groups in total. The largest absolute Gasteiger partial charge is 0.478 e. The molecule has 0 saturated carbocycles. The summed E-state index contributed by atoms with van der Waals surface area (Å²) in [5, 5.41) is 10.2. The Kier molecular flexibility index (Phi) is 2.50. The Balaban J connectivity index is 2.76. The molecular weight excluding hydrogens is 237 g/mol. The molecule has 0 unspecified atom stereocenters. The van der Waals surface area contributed by atoms with Crippen LogP contribution in [0.15, 0.2) is 24.3 Å². The molecule has 0 aliphatic carbocycles. The average Bonchev–Trinajstić information content (AvgIpc) is 2.16. The number of aromatic nitrogens is 1. The van der Waals surface area contributed by atoms with Gasteiger partial charge in [-0.2, -0.15) is 0 Å². The maximum atomic E-state index is 10.7. The molecule has 5 heteroatoms. The van der Waals surface area contributed by atoms with Gasteiger partial charge in [0.2, 0.25) is 0 Å². The molecule has 1 heterocycles. The average molecular weight is 242 g/mol. The molecule has 1 aromatic heterocycles. The molecule has 15 heavy (non-hydrogen) atoms. The SMILES string of the molecule is O=C(O)c1ccc2c(Cl)cc(Cl)nc2c1. The Labute approximate surface area is 95.3 Å². The summed E-state index contributed by atoms with van der Waals surface area (Å²) in [5.41, 5.74) is 0.640. The fourth-order valence-corrected chi connectivity index (χ4v) is 1.81. The number of fused-ring (bicyclic) bond motifs is 1. The number of rotatable bonds is 1. The number of hydrogen-bond acceptors (Lipinski definition) is 2. The van der Waals surface area contributed by atoms with E-state index in [-0.39, 0.29) is 10.7 Å². The molecule has 0 aliphatic heterocycles. The van der Waals surface area contributed by atoms with Crippen LogP contribution in [-0.4, -0.2) is 16.1 Å². The van der Waals surface area contributed by atoms with Crippen LogP contribution in [0.4, 0.5) is 0 Å². The molecule has 0 atom stereocenters. The first kappa shape index (κ1) is 10.2. The van der Waals surface area contributed by atoms with Crippen molar-refractivity contribution in [2.24, 2.45) is 0 Å². The van der Waals surface area contributed by atoms with Crippen LogP contribution in [0.1, 0.15) is 10.4 Å². The minimum absolute atomic E-state index is 0.160. The Morgan fingerprint density at radius 1 is 1.27 bits per heavy atom. The maximum absolute atomic E-state index is 10.7. The lowest BCUT2D eigenvalue weighted by Gasteiger charge is -2.01. The zero-order chi connectivity index (χ0) is 11.0. The molecule has 3 nitrogen and oxygen atoms in total. The molecule has 1 aromatic carbocycles. The summed E-state index contributed by atoms with van der Waals surface area (Å²) in [7, 11) is 0. The molecule has 0 bridgehead atoms.